The Balaban J connectivity index is 1.31. The number of hydrogen-bond donors (Lipinski definition) is 1. The summed E-state index contributed by atoms with van der Waals surface area (Å²) >= 11 is 12.1. The van der Waals surface area contributed by atoms with Crippen molar-refractivity contribution in [2.45, 2.75) is 13.1 Å². The van der Waals surface area contributed by atoms with Crippen molar-refractivity contribution in [1.29, 1.82) is 0 Å². The molecule has 1 aliphatic rings. The average molecular weight is 454 g/mol. The Labute approximate surface area is 193 Å². The van der Waals surface area contributed by atoms with Crippen molar-refractivity contribution in [2.24, 2.45) is 0 Å². The highest BCUT2D eigenvalue weighted by Gasteiger charge is 2.18. The number of nitrogens with one attached hydrogen (secondary N) is 1. The van der Waals surface area contributed by atoms with Crippen LogP contribution in [0.15, 0.2) is 72.8 Å². The second-order valence-corrected chi connectivity index (χ2v) is 8.57. The summed E-state index contributed by atoms with van der Waals surface area (Å²) in [7, 11) is 0. The van der Waals surface area contributed by atoms with Crippen molar-refractivity contribution in [3.8, 4) is 0 Å². The third kappa shape index (κ3) is 5.79. The molecule has 4 nitrogen and oxygen atoms in total. The van der Waals surface area contributed by atoms with E-state index in [1.165, 1.54) is 11.3 Å². The monoisotopic (exact) mass is 453 g/mol. The molecular weight excluding hydrogens is 429 g/mol. The number of benzene rings is 3. The van der Waals surface area contributed by atoms with Crippen LogP contribution in [0.2, 0.25) is 10.0 Å². The van der Waals surface area contributed by atoms with Crippen molar-refractivity contribution in [3.05, 3.63) is 99.5 Å². The van der Waals surface area contributed by atoms with Gasteiger partial charge in [-0.1, -0.05) is 59.6 Å². The summed E-state index contributed by atoms with van der Waals surface area (Å²) in [5, 5.41) is 4.20. The lowest BCUT2D eigenvalue weighted by molar-refractivity contribution is 0.0951. The maximum absolute atomic E-state index is 12.4. The van der Waals surface area contributed by atoms with Gasteiger partial charge in [-0.3, -0.25) is 9.69 Å². The summed E-state index contributed by atoms with van der Waals surface area (Å²) in [6, 6.07) is 23.5. The van der Waals surface area contributed by atoms with Gasteiger partial charge >= 0.3 is 0 Å². The van der Waals surface area contributed by atoms with Crippen LogP contribution in [0.3, 0.4) is 0 Å². The minimum Gasteiger partial charge on any atom is -0.369 e. The standard InChI is InChI=1S/C25H25Cl2N3O/c26-21-10-8-19(9-11-21)18-29-12-14-30(15-13-29)22-5-3-4-20(16-22)17-28-25(31)23-6-1-2-7-24(23)27/h1-11,16H,12-15,17-18H2,(H,28,31). The van der Waals surface area contributed by atoms with Crippen LogP contribution in [-0.2, 0) is 13.1 Å². The Morgan fingerprint density at radius 1 is 0.839 bits per heavy atom. The third-order valence-electron chi connectivity index (χ3n) is 5.54. The zero-order valence-corrected chi connectivity index (χ0v) is 18.7. The molecule has 1 heterocycles. The molecule has 1 fully saturated rings. The molecule has 31 heavy (non-hydrogen) atoms. The van der Waals surface area contributed by atoms with Crippen LogP contribution in [0.25, 0.3) is 0 Å². The second kappa shape index (κ2) is 10.2. The van der Waals surface area contributed by atoms with Gasteiger partial charge in [-0.05, 0) is 47.5 Å². The van der Waals surface area contributed by atoms with Crippen LogP contribution in [0.5, 0.6) is 0 Å². The van der Waals surface area contributed by atoms with E-state index in [4.69, 9.17) is 23.2 Å². The minimum absolute atomic E-state index is 0.160. The van der Waals surface area contributed by atoms with E-state index in [1.54, 1.807) is 12.1 Å². The van der Waals surface area contributed by atoms with Crippen LogP contribution in [-0.4, -0.2) is 37.0 Å². The SMILES string of the molecule is O=C(NCc1cccc(N2CCN(Cc3ccc(Cl)cc3)CC2)c1)c1ccccc1Cl. The predicted molar refractivity (Wildman–Crippen MR) is 128 cm³/mol. The summed E-state index contributed by atoms with van der Waals surface area (Å²) in [4.78, 5) is 17.3. The van der Waals surface area contributed by atoms with Crippen LogP contribution >= 0.6 is 23.2 Å². The molecule has 4 rings (SSSR count). The van der Waals surface area contributed by atoms with E-state index in [1.807, 2.05) is 36.4 Å². The summed E-state index contributed by atoms with van der Waals surface area (Å²) < 4.78 is 0. The van der Waals surface area contributed by atoms with Crippen molar-refractivity contribution in [1.82, 2.24) is 10.2 Å². The van der Waals surface area contributed by atoms with Gasteiger partial charge < -0.3 is 10.2 Å². The molecule has 3 aromatic rings. The smallest absolute Gasteiger partial charge is 0.253 e. The summed E-state index contributed by atoms with van der Waals surface area (Å²) in [6.45, 7) is 5.38. The van der Waals surface area contributed by atoms with E-state index in [9.17, 15) is 4.79 Å². The van der Waals surface area contributed by atoms with E-state index in [0.717, 1.165) is 43.3 Å². The Kier molecular flexibility index (Phi) is 7.13. The number of rotatable bonds is 6. The molecule has 0 aliphatic carbocycles. The number of carbonyl (C=O) groups is 1. The van der Waals surface area contributed by atoms with E-state index in [2.05, 4.69) is 39.4 Å². The Morgan fingerprint density at radius 2 is 1.58 bits per heavy atom. The lowest BCUT2D eigenvalue weighted by Crippen LogP contribution is -2.46. The number of nitrogens with zero attached hydrogens (tertiary/aromatic N) is 2. The van der Waals surface area contributed by atoms with E-state index < -0.39 is 0 Å². The lowest BCUT2D eigenvalue weighted by Gasteiger charge is -2.36. The van der Waals surface area contributed by atoms with E-state index in [-0.39, 0.29) is 5.91 Å². The molecule has 0 saturated carbocycles. The molecule has 0 aromatic heterocycles. The van der Waals surface area contributed by atoms with Crippen LogP contribution < -0.4 is 10.2 Å². The molecule has 0 bridgehead atoms. The minimum atomic E-state index is -0.160. The zero-order chi connectivity index (χ0) is 21.6. The molecule has 1 saturated heterocycles. The lowest BCUT2D eigenvalue weighted by atomic mass is 10.1. The number of halogens is 2. The quantitative estimate of drug-likeness (QED) is 0.553. The molecule has 0 spiro atoms. The normalized spacial score (nSPS) is 14.5. The fraction of sp³-hybridized carbons (Fsp3) is 0.240. The number of hydrogen-bond acceptors (Lipinski definition) is 3. The van der Waals surface area contributed by atoms with E-state index in [0.29, 0.717) is 17.1 Å². The molecule has 3 aromatic carbocycles. The van der Waals surface area contributed by atoms with Gasteiger partial charge in [-0.2, -0.15) is 0 Å². The molecule has 160 valence electrons. The first-order valence-electron chi connectivity index (χ1n) is 10.4. The maximum Gasteiger partial charge on any atom is 0.253 e. The third-order valence-corrected chi connectivity index (χ3v) is 6.12. The summed E-state index contributed by atoms with van der Waals surface area (Å²) in [5.41, 5.74) is 4.04. The van der Waals surface area contributed by atoms with Crippen LogP contribution in [0, 0.1) is 0 Å². The average Bonchev–Trinajstić information content (AvgIpc) is 2.80. The van der Waals surface area contributed by atoms with E-state index >= 15 is 0 Å². The molecule has 1 aliphatic heterocycles. The summed E-state index contributed by atoms with van der Waals surface area (Å²) in [5.74, 6) is -0.160. The summed E-state index contributed by atoms with van der Waals surface area (Å²) in [6.07, 6.45) is 0. The first kappa shape index (κ1) is 21.7. The van der Waals surface area contributed by atoms with Crippen molar-refractivity contribution in [2.75, 3.05) is 31.1 Å². The molecule has 0 unspecified atom stereocenters. The van der Waals surface area contributed by atoms with Gasteiger partial charge in [0, 0.05) is 50.0 Å². The van der Waals surface area contributed by atoms with Crippen molar-refractivity contribution < 1.29 is 4.79 Å². The number of amides is 1. The van der Waals surface area contributed by atoms with Gasteiger partial charge in [0.2, 0.25) is 0 Å². The number of carbonyl (C=O) groups excluding carboxylic acids is 1. The van der Waals surface area contributed by atoms with Gasteiger partial charge in [0.1, 0.15) is 0 Å². The zero-order valence-electron chi connectivity index (χ0n) is 17.2. The van der Waals surface area contributed by atoms with Crippen LogP contribution in [0.4, 0.5) is 5.69 Å². The van der Waals surface area contributed by atoms with Crippen molar-refractivity contribution >= 4 is 34.8 Å². The van der Waals surface area contributed by atoms with Gasteiger partial charge in [-0.25, -0.2) is 0 Å². The Morgan fingerprint density at radius 3 is 2.32 bits per heavy atom. The van der Waals surface area contributed by atoms with Gasteiger partial charge in [0.25, 0.3) is 5.91 Å². The molecular formula is C25H25Cl2N3O. The molecule has 0 radical (unpaired) electrons. The highest BCUT2D eigenvalue weighted by atomic mass is 35.5. The number of piperazine rings is 1. The Bertz CT molecular complexity index is 1030. The topological polar surface area (TPSA) is 35.6 Å². The first-order valence-corrected chi connectivity index (χ1v) is 11.2. The molecule has 1 N–H and O–H groups in total. The molecule has 6 heteroatoms. The van der Waals surface area contributed by atoms with Crippen molar-refractivity contribution in [3.63, 3.8) is 0 Å². The maximum atomic E-state index is 12.4. The first-order chi connectivity index (χ1) is 15.1. The highest BCUT2D eigenvalue weighted by Crippen LogP contribution is 2.20. The Hall–Kier alpha value is -2.53. The highest BCUT2D eigenvalue weighted by molar-refractivity contribution is 6.33. The number of anilines is 1. The second-order valence-electron chi connectivity index (χ2n) is 7.72. The molecule has 1 amide bonds. The largest absolute Gasteiger partial charge is 0.369 e. The van der Waals surface area contributed by atoms with Gasteiger partial charge in [0.15, 0.2) is 0 Å². The fourth-order valence-corrected chi connectivity index (χ4v) is 4.15. The van der Waals surface area contributed by atoms with Gasteiger partial charge in [-0.15, -0.1) is 0 Å². The van der Waals surface area contributed by atoms with Crippen LogP contribution in [0.1, 0.15) is 21.5 Å². The fourth-order valence-electron chi connectivity index (χ4n) is 3.80. The molecule has 0 atom stereocenters. The van der Waals surface area contributed by atoms with Gasteiger partial charge in [0.05, 0.1) is 10.6 Å². The predicted octanol–water partition coefficient (Wildman–Crippen LogP) is 5.25.